The molecule has 0 radical (unpaired) electrons. The Balaban J connectivity index is 0.00000196. The Kier molecular flexibility index (Phi) is 5.57. The van der Waals surface area contributed by atoms with Crippen LogP contribution in [0.25, 0.3) is 0 Å². The molecule has 26 heavy (non-hydrogen) atoms. The van der Waals surface area contributed by atoms with Gasteiger partial charge in [-0.3, -0.25) is 5.43 Å². The summed E-state index contributed by atoms with van der Waals surface area (Å²) in [6, 6.07) is 25.0. The van der Waals surface area contributed by atoms with Gasteiger partial charge in [0.25, 0.3) is 0 Å². The average molecular weight is 406 g/mol. The lowest BCUT2D eigenvalue weighted by Gasteiger charge is -2.28. The first kappa shape index (κ1) is 18.4. The number of rotatable bonds is 3. The van der Waals surface area contributed by atoms with Crippen LogP contribution in [0.3, 0.4) is 0 Å². The molecule has 3 aromatic rings. The van der Waals surface area contributed by atoms with Crippen molar-refractivity contribution in [2.45, 2.75) is 0 Å². The molecule has 3 aromatic carbocycles. The van der Waals surface area contributed by atoms with Gasteiger partial charge < -0.3 is 0 Å². The number of nitrogens with one attached hydrogen (secondary N) is 1. The van der Waals surface area contributed by atoms with Gasteiger partial charge in [0.15, 0.2) is 5.84 Å². The predicted octanol–water partition coefficient (Wildman–Crippen LogP) is 5.52. The Labute approximate surface area is 168 Å². The quantitative estimate of drug-likeness (QED) is 0.622. The van der Waals surface area contributed by atoms with Crippen LogP contribution in [-0.2, 0) is 0 Å². The summed E-state index contributed by atoms with van der Waals surface area (Å²) in [4.78, 5) is 0. The Bertz CT molecular complexity index is 931. The molecule has 0 fully saturated rings. The fourth-order valence-corrected chi connectivity index (χ4v) is 2.95. The predicted molar refractivity (Wildman–Crippen MR) is 111 cm³/mol. The molecule has 1 N–H and O–H groups in total. The van der Waals surface area contributed by atoms with Gasteiger partial charge in [-0.25, -0.2) is 0 Å². The van der Waals surface area contributed by atoms with Crippen LogP contribution in [0, 0.1) is 0 Å². The minimum Gasteiger partial charge on any atom is -0.259 e. The fourth-order valence-electron chi connectivity index (χ4n) is 2.58. The number of anilines is 2. The average Bonchev–Trinajstić information content (AvgIpc) is 3.08. The van der Waals surface area contributed by atoms with Crippen molar-refractivity contribution < 1.29 is 0 Å². The van der Waals surface area contributed by atoms with Crippen molar-refractivity contribution >= 4 is 52.8 Å². The zero-order valence-corrected chi connectivity index (χ0v) is 15.8. The first-order valence-electron chi connectivity index (χ1n) is 7.73. The van der Waals surface area contributed by atoms with E-state index in [1.165, 1.54) is 0 Å². The van der Waals surface area contributed by atoms with Crippen molar-refractivity contribution in [1.29, 1.82) is 0 Å². The SMILES string of the molecule is Cl.Clc1cccc(N2N=C(c3ccccc3)NN2c2cccc(Cl)c2)c1. The third-order valence-electron chi connectivity index (χ3n) is 3.74. The van der Waals surface area contributed by atoms with Crippen LogP contribution in [0.2, 0.25) is 10.0 Å². The van der Waals surface area contributed by atoms with E-state index in [0.29, 0.717) is 10.0 Å². The molecule has 1 aliphatic heterocycles. The zero-order valence-electron chi connectivity index (χ0n) is 13.5. The van der Waals surface area contributed by atoms with Gasteiger partial charge >= 0.3 is 0 Å². The monoisotopic (exact) mass is 404 g/mol. The molecule has 0 atom stereocenters. The summed E-state index contributed by atoms with van der Waals surface area (Å²) in [7, 11) is 0. The molecule has 0 amide bonds. The first-order valence-corrected chi connectivity index (χ1v) is 8.48. The van der Waals surface area contributed by atoms with Gasteiger partial charge in [0.2, 0.25) is 0 Å². The van der Waals surface area contributed by atoms with Crippen molar-refractivity contribution in [3.8, 4) is 0 Å². The summed E-state index contributed by atoms with van der Waals surface area (Å²) in [5.74, 6) is 0.737. The first-order chi connectivity index (χ1) is 12.2. The normalized spacial score (nSPS) is 13.1. The number of benzene rings is 3. The van der Waals surface area contributed by atoms with E-state index in [2.05, 4.69) is 5.43 Å². The minimum atomic E-state index is 0. The molecule has 4 nitrogen and oxygen atoms in total. The summed E-state index contributed by atoms with van der Waals surface area (Å²) >= 11 is 12.3. The smallest absolute Gasteiger partial charge is 0.176 e. The number of hydrogen-bond acceptors (Lipinski definition) is 4. The second-order valence-corrected chi connectivity index (χ2v) is 6.36. The van der Waals surface area contributed by atoms with Crippen LogP contribution in [0.4, 0.5) is 11.4 Å². The highest BCUT2D eigenvalue weighted by Crippen LogP contribution is 2.28. The van der Waals surface area contributed by atoms with E-state index in [1.54, 1.807) is 5.12 Å². The van der Waals surface area contributed by atoms with Gasteiger partial charge in [-0.15, -0.1) is 17.5 Å². The maximum absolute atomic E-state index is 6.16. The van der Waals surface area contributed by atoms with E-state index in [-0.39, 0.29) is 12.4 Å². The molecule has 0 aliphatic carbocycles. The lowest BCUT2D eigenvalue weighted by Crippen LogP contribution is -2.44. The zero-order chi connectivity index (χ0) is 17.2. The molecule has 4 rings (SSSR count). The summed E-state index contributed by atoms with van der Waals surface area (Å²) in [6.45, 7) is 0. The number of halogens is 3. The van der Waals surface area contributed by atoms with Crippen LogP contribution in [-0.4, -0.2) is 5.84 Å². The Hall–Kier alpha value is -2.40. The second-order valence-electron chi connectivity index (χ2n) is 5.49. The van der Waals surface area contributed by atoms with Gasteiger partial charge in [-0.05, 0) is 36.4 Å². The highest BCUT2D eigenvalue weighted by Gasteiger charge is 2.26. The molecule has 1 aliphatic rings. The van der Waals surface area contributed by atoms with Crippen LogP contribution in [0.15, 0.2) is 84.0 Å². The number of hydrazine groups is 2. The fraction of sp³-hybridized carbons (Fsp3) is 0. The topological polar surface area (TPSA) is 30.9 Å². The van der Waals surface area contributed by atoms with Crippen molar-refractivity contribution in [1.82, 2.24) is 5.43 Å². The number of hydrogen-bond donors (Lipinski definition) is 1. The molecule has 0 saturated heterocycles. The number of nitrogens with zero attached hydrogens (tertiary/aromatic N) is 3. The standard InChI is InChI=1S/C19H14Cl2N4.ClH/c20-15-8-4-10-17(12-15)24-22-19(14-6-2-1-3-7-14)23-25(24)18-11-5-9-16(21)13-18;/h1-13H,(H,22,23);1H. The van der Waals surface area contributed by atoms with Crippen LogP contribution in [0.1, 0.15) is 5.56 Å². The van der Waals surface area contributed by atoms with Crippen LogP contribution < -0.4 is 15.7 Å². The van der Waals surface area contributed by atoms with Gasteiger partial charge in [0.05, 0.1) is 11.4 Å². The van der Waals surface area contributed by atoms with E-state index in [9.17, 15) is 0 Å². The van der Waals surface area contributed by atoms with Gasteiger partial charge in [0, 0.05) is 15.6 Å². The molecule has 0 bridgehead atoms. The van der Waals surface area contributed by atoms with E-state index in [0.717, 1.165) is 22.8 Å². The Morgan fingerprint density at radius 1 is 0.731 bits per heavy atom. The van der Waals surface area contributed by atoms with Gasteiger partial charge in [-0.2, -0.15) is 10.2 Å². The summed E-state index contributed by atoms with van der Waals surface area (Å²) in [5.41, 5.74) is 6.01. The van der Waals surface area contributed by atoms with E-state index >= 15 is 0 Å². The summed E-state index contributed by atoms with van der Waals surface area (Å²) < 4.78 is 0. The molecule has 1 heterocycles. The lowest BCUT2D eigenvalue weighted by molar-refractivity contribution is 0.771. The summed E-state index contributed by atoms with van der Waals surface area (Å²) in [6.07, 6.45) is 0. The van der Waals surface area contributed by atoms with Crippen molar-refractivity contribution in [3.05, 3.63) is 94.5 Å². The van der Waals surface area contributed by atoms with Crippen LogP contribution in [0.5, 0.6) is 0 Å². The Morgan fingerprint density at radius 3 is 2.00 bits per heavy atom. The van der Waals surface area contributed by atoms with Gasteiger partial charge in [0.1, 0.15) is 0 Å². The second kappa shape index (κ2) is 7.87. The van der Waals surface area contributed by atoms with E-state index in [4.69, 9.17) is 28.3 Å². The highest BCUT2D eigenvalue weighted by molar-refractivity contribution is 6.31. The highest BCUT2D eigenvalue weighted by atomic mass is 35.5. The minimum absolute atomic E-state index is 0. The third kappa shape index (κ3) is 3.73. The molecular formula is C19H15Cl3N4. The molecular weight excluding hydrogens is 391 g/mol. The number of hydrazone groups is 1. The third-order valence-corrected chi connectivity index (χ3v) is 4.21. The molecule has 0 unspecified atom stereocenters. The number of amidine groups is 1. The maximum atomic E-state index is 6.16. The van der Waals surface area contributed by atoms with E-state index < -0.39 is 0 Å². The van der Waals surface area contributed by atoms with Crippen molar-refractivity contribution in [2.24, 2.45) is 5.10 Å². The molecule has 0 saturated carbocycles. The Morgan fingerprint density at radius 2 is 1.35 bits per heavy atom. The van der Waals surface area contributed by atoms with Crippen molar-refractivity contribution in [3.63, 3.8) is 0 Å². The maximum Gasteiger partial charge on any atom is 0.176 e. The van der Waals surface area contributed by atoms with Crippen LogP contribution >= 0.6 is 35.6 Å². The van der Waals surface area contributed by atoms with Gasteiger partial charge in [-0.1, -0.05) is 65.7 Å². The summed E-state index contributed by atoms with van der Waals surface area (Å²) in [5, 5.41) is 9.61. The largest absolute Gasteiger partial charge is 0.259 e. The molecule has 7 heteroatoms. The van der Waals surface area contributed by atoms with E-state index in [1.807, 2.05) is 84.0 Å². The molecule has 132 valence electrons. The lowest BCUT2D eigenvalue weighted by atomic mass is 10.2. The molecule has 0 aromatic heterocycles. The van der Waals surface area contributed by atoms with Crippen molar-refractivity contribution in [2.75, 3.05) is 10.2 Å². The molecule has 0 spiro atoms.